The first-order valence-electron chi connectivity index (χ1n) is 3.91. The molecule has 0 aliphatic rings. The van der Waals surface area contributed by atoms with Gasteiger partial charge in [0.15, 0.2) is 0 Å². The van der Waals surface area contributed by atoms with Crippen molar-refractivity contribution >= 4 is 24.0 Å². The third-order valence-corrected chi connectivity index (χ3v) is 1.61. The van der Waals surface area contributed by atoms with Gasteiger partial charge in [-0.25, -0.2) is 0 Å². The fourth-order valence-corrected chi connectivity index (χ4v) is 1.15. The molecule has 0 spiro atoms. The highest BCUT2D eigenvalue weighted by Crippen LogP contribution is 2.13. The molecule has 0 saturated heterocycles. The second kappa shape index (κ2) is 6.10. The summed E-state index contributed by atoms with van der Waals surface area (Å²) in [7, 11) is 0. The third kappa shape index (κ3) is 8.45. The molecule has 0 atom stereocenters. The standard InChI is InChI=1S/C8H18ClN.ClH/c1-5-10(6-2)7-8(3,4)9;/h5-7H2,1-4H3;1H. The summed E-state index contributed by atoms with van der Waals surface area (Å²) in [6.45, 7) is 11.6. The quantitative estimate of drug-likeness (QED) is 0.630. The van der Waals surface area contributed by atoms with Crippen LogP contribution in [0.15, 0.2) is 0 Å². The zero-order chi connectivity index (χ0) is 8.20. The van der Waals surface area contributed by atoms with E-state index in [2.05, 4.69) is 18.7 Å². The Morgan fingerprint density at radius 1 is 1.18 bits per heavy atom. The first-order chi connectivity index (χ1) is 4.49. The Morgan fingerprint density at radius 3 is 1.64 bits per heavy atom. The van der Waals surface area contributed by atoms with E-state index >= 15 is 0 Å². The molecule has 0 rings (SSSR count). The summed E-state index contributed by atoms with van der Waals surface area (Å²) >= 11 is 6.04. The highest BCUT2D eigenvalue weighted by atomic mass is 35.5. The molecule has 0 aromatic rings. The van der Waals surface area contributed by atoms with Crippen molar-refractivity contribution in [1.82, 2.24) is 4.90 Å². The number of nitrogens with zero attached hydrogens (tertiary/aromatic N) is 1. The maximum absolute atomic E-state index is 6.04. The summed E-state index contributed by atoms with van der Waals surface area (Å²) in [6.07, 6.45) is 0. The monoisotopic (exact) mass is 199 g/mol. The first-order valence-corrected chi connectivity index (χ1v) is 4.28. The number of alkyl halides is 1. The van der Waals surface area contributed by atoms with Gasteiger partial charge in [-0.05, 0) is 26.9 Å². The van der Waals surface area contributed by atoms with Crippen molar-refractivity contribution in [3.8, 4) is 0 Å². The van der Waals surface area contributed by atoms with Crippen molar-refractivity contribution in [2.24, 2.45) is 0 Å². The molecule has 0 aliphatic carbocycles. The molecule has 3 heteroatoms. The Kier molecular flexibility index (Phi) is 7.81. The Morgan fingerprint density at radius 2 is 1.55 bits per heavy atom. The van der Waals surface area contributed by atoms with Crippen LogP contribution in [0.1, 0.15) is 27.7 Å². The molecule has 11 heavy (non-hydrogen) atoms. The van der Waals surface area contributed by atoms with Crippen LogP contribution < -0.4 is 0 Å². The molecule has 0 aromatic heterocycles. The smallest absolute Gasteiger partial charge is 0.0517 e. The molecule has 0 fully saturated rings. The van der Waals surface area contributed by atoms with Gasteiger partial charge in [-0.3, -0.25) is 0 Å². The van der Waals surface area contributed by atoms with Crippen molar-refractivity contribution in [2.45, 2.75) is 32.6 Å². The lowest BCUT2D eigenvalue weighted by atomic mass is 10.2. The minimum Gasteiger partial charge on any atom is -0.302 e. The number of hydrogen-bond acceptors (Lipinski definition) is 1. The molecule has 0 bridgehead atoms. The summed E-state index contributed by atoms with van der Waals surface area (Å²) in [5.74, 6) is 0. The molecular formula is C8H19Cl2N. The Hall–Kier alpha value is 0.540. The molecule has 0 amide bonds. The van der Waals surface area contributed by atoms with Gasteiger partial charge in [0.1, 0.15) is 0 Å². The zero-order valence-electron chi connectivity index (χ0n) is 7.85. The van der Waals surface area contributed by atoms with E-state index in [1.165, 1.54) is 0 Å². The normalized spacial score (nSPS) is 11.5. The van der Waals surface area contributed by atoms with Crippen LogP contribution in [-0.2, 0) is 0 Å². The summed E-state index contributed by atoms with van der Waals surface area (Å²) in [6, 6.07) is 0. The van der Waals surface area contributed by atoms with Crippen molar-refractivity contribution in [2.75, 3.05) is 19.6 Å². The van der Waals surface area contributed by atoms with Gasteiger partial charge < -0.3 is 4.90 Å². The van der Waals surface area contributed by atoms with Crippen LogP contribution in [0.4, 0.5) is 0 Å². The Balaban J connectivity index is 0. The minimum atomic E-state index is -0.0774. The van der Waals surface area contributed by atoms with E-state index in [4.69, 9.17) is 11.6 Å². The molecular weight excluding hydrogens is 181 g/mol. The SMILES string of the molecule is CCN(CC)CC(C)(C)Cl.Cl. The Labute approximate surface area is 81.5 Å². The third-order valence-electron chi connectivity index (χ3n) is 1.49. The van der Waals surface area contributed by atoms with Gasteiger partial charge in [0.25, 0.3) is 0 Å². The molecule has 0 heterocycles. The topological polar surface area (TPSA) is 3.24 Å². The predicted octanol–water partition coefficient (Wildman–Crippen LogP) is 2.77. The lowest BCUT2D eigenvalue weighted by Crippen LogP contribution is -2.34. The molecule has 1 nitrogen and oxygen atoms in total. The lowest BCUT2D eigenvalue weighted by molar-refractivity contribution is 0.280. The van der Waals surface area contributed by atoms with Crippen LogP contribution in [-0.4, -0.2) is 29.4 Å². The maximum Gasteiger partial charge on any atom is 0.0517 e. The van der Waals surface area contributed by atoms with Crippen molar-refractivity contribution in [3.05, 3.63) is 0 Å². The second-order valence-corrected chi connectivity index (χ2v) is 4.20. The van der Waals surface area contributed by atoms with Crippen LogP contribution in [0.25, 0.3) is 0 Å². The van der Waals surface area contributed by atoms with E-state index in [0.29, 0.717) is 0 Å². The predicted molar refractivity (Wildman–Crippen MR) is 55.0 cm³/mol. The van der Waals surface area contributed by atoms with Crippen molar-refractivity contribution in [3.63, 3.8) is 0 Å². The van der Waals surface area contributed by atoms with Gasteiger partial charge in [-0.1, -0.05) is 13.8 Å². The first kappa shape index (κ1) is 14.1. The summed E-state index contributed by atoms with van der Waals surface area (Å²) in [5, 5.41) is 0. The van der Waals surface area contributed by atoms with Crippen LogP contribution in [0.2, 0.25) is 0 Å². The van der Waals surface area contributed by atoms with E-state index in [1.807, 2.05) is 13.8 Å². The summed E-state index contributed by atoms with van der Waals surface area (Å²) in [5.41, 5.74) is 0. The van der Waals surface area contributed by atoms with E-state index in [-0.39, 0.29) is 17.3 Å². The summed E-state index contributed by atoms with van der Waals surface area (Å²) < 4.78 is 0. The van der Waals surface area contributed by atoms with E-state index in [9.17, 15) is 0 Å². The lowest BCUT2D eigenvalue weighted by Gasteiger charge is -2.25. The van der Waals surface area contributed by atoms with Crippen LogP contribution in [0, 0.1) is 0 Å². The van der Waals surface area contributed by atoms with Crippen LogP contribution in [0.5, 0.6) is 0 Å². The largest absolute Gasteiger partial charge is 0.302 e. The van der Waals surface area contributed by atoms with Gasteiger partial charge in [-0.2, -0.15) is 0 Å². The highest BCUT2D eigenvalue weighted by molar-refractivity contribution is 6.23. The fourth-order valence-electron chi connectivity index (χ4n) is 0.979. The molecule has 70 valence electrons. The molecule has 0 N–H and O–H groups in total. The molecule has 0 unspecified atom stereocenters. The van der Waals surface area contributed by atoms with Gasteiger partial charge >= 0.3 is 0 Å². The van der Waals surface area contributed by atoms with E-state index < -0.39 is 0 Å². The fraction of sp³-hybridized carbons (Fsp3) is 1.00. The maximum atomic E-state index is 6.04. The van der Waals surface area contributed by atoms with E-state index in [1.54, 1.807) is 0 Å². The van der Waals surface area contributed by atoms with E-state index in [0.717, 1.165) is 19.6 Å². The minimum absolute atomic E-state index is 0. The second-order valence-electron chi connectivity index (χ2n) is 3.18. The number of rotatable bonds is 4. The average Bonchev–Trinajstić information content (AvgIpc) is 1.81. The number of halogens is 2. The van der Waals surface area contributed by atoms with Gasteiger partial charge in [-0.15, -0.1) is 24.0 Å². The van der Waals surface area contributed by atoms with Crippen LogP contribution >= 0.6 is 24.0 Å². The molecule has 0 saturated carbocycles. The Bertz CT molecular complexity index is 84.6. The van der Waals surface area contributed by atoms with Crippen LogP contribution in [0.3, 0.4) is 0 Å². The molecule has 0 aliphatic heterocycles. The average molecular weight is 200 g/mol. The van der Waals surface area contributed by atoms with Crippen molar-refractivity contribution < 1.29 is 0 Å². The van der Waals surface area contributed by atoms with Gasteiger partial charge in [0.2, 0.25) is 0 Å². The van der Waals surface area contributed by atoms with Gasteiger partial charge in [0.05, 0.1) is 4.87 Å². The van der Waals surface area contributed by atoms with Crippen molar-refractivity contribution in [1.29, 1.82) is 0 Å². The van der Waals surface area contributed by atoms with Gasteiger partial charge in [0, 0.05) is 6.54 Å². The molecule has 0 aromatic carbocycles. The number of hydrogen-bond donors (Lipinski definition) is 0. The zero-order valence-corrected chi connectivity index (χ0v) is 9.43. The highest BCUT2D eigenvalue weighted by Gasteiger charge is 2.15. The summed E-state index contributed by atoms with van der Waals surface area (Å²) in [4.78, 5) is 2.25. The molecule has 0 radical (unpaired) electrons.